The number of carboxylic acids is 1. The van der Waals surface area contributed by atoms with Crippen LogP contribution in [0.25, 0.3) is 0 Å². The average molecular weight is 275 g/mol. The lowest BCUT2D eigenvalue weighted by atomic mass is 10.0. The molecule has 1 aliphatic rings. The van der Waals surface area contributed by atoms with E-state index in [0.29, 0.717) is 18.5 Å². The SMILES string of the molecule is CCC(=O)N1CCc2cc(C(=O)CCC(=O)O)ccc21. The molecule has 1 heterocycles. The smallest absolute Gasteiger partial charge is 0.303 e. The maximum Gasteiger partial charge on any atom is 0.303 e. The highest BCUT2D eigenvalue weighted by atomic mass is 16.4. The molecule has 1 aliphatic heterocycles. The number of fused-ring (bicyclic) bond motifs is 1. The number of hydrogen-bond acceptors (Lipinski definition) is 3. The van der Waals surface area contributed by atoms with Crippen molar-refractivity contribution in [2.75, 3.05) is 11.4 Å². The predicted molar refractivity (Wildman–Crippen MR) is 74.0 cm³/mol. The van der Waals surface area contributed by atoms with Gasteiger partial charge in [-0.1, -0.05) is 6.92 Å². The summed E-state index contributed by atoms with van der Waals surface area (Å²) >= 11 is 0. The fourth-order valence-electron chi connectivity index (χ4n) is 2.39. The molecule has 0 atom stereocenters. The normalized spacial score (nSPS) is 13.2. The van der Waals surface area contributed by atoms with Gasteiger partial charge in [-0.2, -0.15) is 0 Å². The van der Waals surface area contributed by atoms with Crippen molar-refractivity contribution in [2.24, 2.45) is 0 Å². The van der Waals surface area contributed by atoms with Gasteiger partial charge in [-0.25, -0.2) is 0 Å². The number of benzene rings is 1. The van der Waals surface area contributed by atoms with Crippen molar-refractivity contribution in [1.82, 2.24) is 0 Å². The number of amides is 1. The van der Waals surface area contributed by atoms with E-state index in [1.165, 1.54) is 0 Å². The lowest BCUT2D eigenvalue weighted by Crippen LogP contribution is -2.27. The summed E-state index contributed by atoms with van der Waals surface area (Å²) in [5.74, 6) is -1.07. The van der Waals surface area contributed by atoms with Gasteiger partial charge in [0.2, 0.25) is 5.91 Å². The van der Waals surface area contributed by atoms with Crippen LogP contribution in [0.4, 0.5) is 5.69 Å². The van der Waals surface area contributed by atoms with Crippen molar-refractivity contribution in [3.63, 3.8) is 0 Å². The Morgan fingerprint density at radius 2 is 2.00 bits per heavy atom. The molecular weight excluding hydrogens is 258 g/mol. The van der Waals surface area contributed by atoms with E-state index in [0.717, 1.165) is 17.7 Å². The first-order chi connectivity index (χ1) is 9.52. The van der Waals surface area contributed by atoms with E-state index in [9.17, 15) is 14.4 Å². The van der Waals surface area contributed by atoms with E-state index in [1.54, 1.807) is 23.1 Å². The zero-order valence-corrected chi connectivity index (χ0v) is 11.4. The number of carbonyl (C=O) groups excluding carboxylic acids is 2. The Labute approximate surface area is 117 Å². The van der Waals surface area contributed by atoms with Crippen LogP contribution in [0.1, 0.15) is 42.1 Å². The van der Waals surface area contributed by atoms with E-state index in [1.807, 2.05) is 6.92 Å². The topological polar surface area (TPSA) is 74.7 Å². The summed E-state index contributed by atoms with van der Waals surface area (Å²) in [5.41, 5.74) is 2.37. The number of aliphatic carboxylic acids is 1. The molecule has 5 nitrogen and oxygen atoms in total. The molecule has 1 aromatic carbocycles. The Morgan fingerprint density at radius 1 is 1.25 bits per heavy atom. The third kappa shape index (κ3) is 2.87. The largest absolute Gasteiger partial charge is 0.481 e. The van der Waals surface area contributed by atoms with Crippen LogP contribution in [0.3, 0.4) is 0 Å². The van der Waals surface area contributed by atoms with Gasteiger partial charge in [0, 0.05) is 30.6 Å². The van der Waals surface area contributed by atoms with Gasteiger partial charge in [0.15, 0.2) is 5.78 Å². The quantitative estimate of drug-likeness (QED) is 0.834. The number of ketones is 1. The summed E-state index contributed by atoms with van der Waals surface area (Å²) in [6, 6.07) is 5.23. The third-order valence-corrected chi connectivity index (χ3v) is 3.47. The minimum Gasteiger partial charge on any atom is -0.481 e. The van der Waals surface area contributed by atoms with E-state index < -0.39 is 5.97 Å². The zero-order chi connectivity index (χ0) is 14.7. The number of anilines is 1. The van der Waals surface area contributed by atoms with Crippen molar-refractivity contribution >= 4 is 23.3 Å². The second-order valence-electron chi connectivity index (χ2n) is 4.81. The van der Waals surface area contributed by atoms with Crippen LogP contribution < -0.4 is 4.90 Å². The first-order valence-corrected chi connectivity index (χ1v) is 6.71. The van der Waals surface area contributed by atoms with E-state index in [2.05, 4.69) is 0 Å². The van der Waals surface area contributed by atoms with Crippen LogP contribution in [0.15, 0.2) is 18.2 Å². The molecule has 0 saturated heterocycles. The average Bonchev–Trinajstić information content (AvgIpc) is 2.86. The lowest BCUT2D eigenvalue weighted by Gasteiger charge is -2.16. The molecule has 20 heavy (non-hydrogen) atoms. The maximum atomic E-state index is 11.9. The van der Waals surface area contributed by atoms with Crippen LogP contribution >= 0.6 is 0 Å². The van der Waals surface area contributed by atoms with Gasteiger partial charge in [-0.05, 0) is 30.2 Å². The number of Topliss-reactive ketones (excluding diaryl/α,β-unsaturated/α-hetero) is 1. The van der Waals surface area contributed by atoms with E-state index >= 15 is 0 Å². The van der Waals surface area contributed by atoms with E-state index in [4.69, 9.17) is 5.11 Å². The maximum absolute atomic E-state index is 11.9. The summed E-state index contributed by atoms with van der Waals surface area (Å²) in [7, 11) is 0. The molecule has 106 valence electrons. The van der Waals surface area contributed by atoms with Gasteiger partial charge < -0.3 is 10.0 Å². The standard InChI is InChI=1S/C15H17NO4/c1-2-14(18)16-8-7-10-9-11(3-4-12(10)16)13(17)5-6-15(19)20/h3-4,9H,2,5-8H2,1H3,(H,19,20). The summed E-state index contributed by atoms with van der Waals surface area (Å²) in [6.45, 7) is 2.47. The van der Waals surface area contributed by atoms with Crippen molar-refractivity contribution in [1.29, 1.82) is 0 Å². The molecule has 0 bridgehead atoms. The number of hydrogen-bond donors (Lipinski definition) is 1. The molecule has 0 spiro atoms. The van der Waals surface area contributed by atoms with Crippen molar-refractivity contribution < 1.29 is 19.5 Å². The minimum atomic E-state index is -0.973. The van der Waals surface area contributed by atoms with Crippen LogP contribution in [-0.2, 0) is 16.0 Å². The van der Waals surface area contributed by atoms with Crippen LogP contribution in [0.5, 0.6) is 0 Å². The zero-order valence-electron chi connectivity index (χ0n) is 11.4. The van der Waals surface area contributed by atoms with Gasteiger partial charge in [-0.15, -0.1) is 0 Å². The molecule has 1 N–H and O–H groups in total. The molecule has 0 radical (unpaired) electrons. The van der Waals surface area contributed by atoms with Crippen LogP contribution in [0, 0.1) is 0 Å². The third-order valence-electron chi connectivity index (χ3n) is 3.47. The van der Waals surface area contributed by atoms with Crippen molar-refractivity contribution in [3.8, 4) is 0 Å². The van der Waals surface area contributed by atoms with Crippen molar-refractivity contribution in [3.05, 3.63) is 29.3 Å². The van der Waals surface area contributed by atoms with Crippen LogP contribution in [0.2, 0.25) is 0 Å². The molecule has 0 fully saturated rings. The molecule has 0 unspecified atom stereocenters. The number of carbonyl (C=O) groups is 3. The Balaban J connectivity index is 2.15. The molecule has 1 amide bonds. The highest BCUT2D eigenvalue weighted by molar-refractivity contribution is 6.00. The molecule has 0 aliphatic carbocycles. The summed E-state index contributed by atoms with van der Waals surface area (Å²) in [6.07, 6.45) is 1.04. The van der Waals surface area contributed by atoms with Gasteiger partial charge in [0.25, 0.3) is 0 Å². The van der Waals surface area contributed by atoms with E-state index in [-0.39, 0.29) is 24.5 Å². The molecule has 2 rings (SSSR count). The molecule has 0 aromatic heterocycles. The monoisotopic (exact) mass is 275 g/mol. The first kappa shape index (κ1) is 14.2. The van der Waals surface area contributed by atoms with Crippen molar-refractivity contribution in [2.45, 2.75) is 32.6 Å². The van der Waals surface area contributed by atoms with Crippen LogP contribution in [-0.4, -0.2) is 29.3 Å². The fraction of sp³-hybridized carbons (Fsp3) is 0.400. The van der Waals surface area contributed by atoms with Gasteiger partial charge in [-0.3, -0.25) is 14.4 Å². The Kier molecular flexibility index (Phi) is 4.17. The molecule has 0 saturated carbocycles. The predicted octanol–water partition coefficient (Wildman–Crippen LogP) is 2.03. The minimum absolute atomic E-state index is 0.00568. The summed E-state index contributed by atoms with van der Waals surface area (Å²) in [5, 5.41) is 8.59. The Hall–Kier alpha value is -2.17. The Morgan fingerprint density at radius 3 is 2.65 bits per heavy atom. The molecule has 1 aromatic rings. The first-order valence-electron chi connectivity index (χ1n) is 6.71. The second kappa shape index (κ2) is 5.86. The number of rotatable bonds is 5. The van der Waals surface area contributed by atoms with Gasteiger partial charge in [0.1, 0.15) is 0 Å². The lowest BCUT2D eigenvalue weighted by molar-refractivity contribution is -0.137. The molecule has 5 heteroatoms. The summed E-state index contributed by atoms with van der Waals surface area (Å²) in [4.78, 5) is 35.9. The van der Waals surface area contributed by atoms with Gasteiger partial charge in [0.05, 0.1) is 6.42 Å². The molecular formula is C15H17NO4. The van der Waals surface area contributed by atoms with Gasteiger partial charge >= 0.3 is 5.97 Å². The number of carboxylic acid groups (broad SMARTS) is 1. The Bertz CT molecular complexity index is 565. The number of nitrogens with zero attached hydrogens (tertiary/aromatic N) is 1. The fourth-order valence-corrected chi connectivity index (χ4v) is 2.39. The summed E-state index contributed by atoms with van der Waals surface area (Å²) < 4.78 is 0. The second-order valence-corrected chi connectivity index (χ2v) is 4.81. The highest BCUT2D eigenvalue weighted by Gasteiger charge is 2.24. The highest BCUT2D eigenvalue weighted by Crippen LogP contribution is 2.29.